The van der Waals surface area contributed by atoms with Gasteiger partial charge in [-0.25, -0.2) is 9.37 Å². The Morgan fingerprint density at radius 2 is 2.10 bits per heavy atom. The van der Waals surface area contributed by atoms with E-state index in [-0.39, 0.29) is 18.2 Å². The second-order valence-electron chi connectivity index (χ2n) is 4.76. The van der Waals surface area contributed by atoms with Crippen molar-refractivity contribution < 1.29 is 17.9 Å². The molecule has 3 rings (SSSR count). The number of rotatable bonds is 3. The fourth-order valence-corrected chi connectivity index (χ4v) is 3.75. The molecule has 0 unspecified atom stereocenters. The molecule has 5 nitrogen and oxygen atoms in total. The molecule has 0 atom stereocenters. The van der Waals surface area contributed by atoms with E-state index in [9.17, 15) is 12.8 Å². The van der Waals surface area contributed by atoms with Crippen molar-refractivity contribution in [3.8, 4) is 0 Å². The van der Waals surface area contributed by atoms with Crippen LogP contribution in [-0.4, -0.2) is 25.1 Å². The summed E-state index contributed by atoms with van der Waals surface area (Å²) in [5.41, 5.74) is 1.69. The molecule has 0 radical (unpaired) electrons. The summed E-state index contributed by atoms with van der Waals surface area (Å²) in [5, 5.41) is 8.85. The van der Waals surface area contributed by atoms with Gasteiger partial charge in [0.25, 0.3) is 10.0 Å². The molecule has 0 saturated heterocycles. The molecule has 0 spiro atoms. The second-order valence-corrected chi connectivity index (χ2v) is 6.57. The van der Waals surface area contributed by atoms with Gasteiger partial charge < -0.3 is 5.11 Å². The molecule has 2 heterocycles. The molecule has 1 aliphatic rings. The van der Waals surface area contributed by atoms with Crippen LogP contribution in [0, 0.1) is 5.82 Å². The highest BCUT2D eigenvalue weighted by Gasteiger charge is 2.32. The van der Waals surface area contributed by atoms with Crippen molar-refractivity contribution in [1.29, 1.82) is 0 Å². The Bertz CT molecular complexity index is 775. The summed E-state index contributed by atoms with van der Waals surface area (Å²) in [5.74, 6) is -0.473. The molecule has 110 valence electrons. The van der Waals surface area contributed by atoms with Crippen molar-refractivity contribution >= 4 is 15.7 Å². The third-order valence-electron chi connectivity index (χ3n) is 3.43. The number of halogens is 1. The Balaban J connectivity index is 2.02. The van der Waals surface area contributed by atoms with Gasteiger partial charge in [-0.3, -0.25) is 4.31 Å². The van der Waals surface area contributed by atoms with Crippen LogP contribution >= 0.6 is 0 Å². The van der Waals surface area contributed by atoms with Crippen molar-refractivity contribution in [2.45, 2.75) is 18.1 Å². The lowest BCUT2D eigenvalue weighted by molar-refractivity contribution is 0.281. The van der Waals surface area contributed by atoms with Crippen LogP contribution in [0.15, 0.2) is 41.6 Å². The fraction of sp³-hybridized carbons (Fsp3) is 0.214. The van der Waals surface area contributed by atoms with Gasteiger partial charge >= 0.3 is 0 Å². The minimum atomic E-state index is -3.82. The summed E-state index contributed by atoms with van der Waals surface area (Å²) >= 11 is 0. The van der Waals surface area contributed by atoms with E-state index in [1.807, 2.05) is 0 Å². The standard InChI is InChI=1S/C14H13FN2O3S/c15-12-3-2-11-5-6-17(13(11)7-12)21(19,20)14-4-1-10(9-18)8-16-14/h1-4,7-8,18H,5-6,9H2. The normalized spacial score (nSPS) is 14.3. The van der Waals surface area contributed by atoms with E-state index in [0.717, 1.165) is 5.56 Å². The zero-order valence-electron chi connectivity index (χ0n) is 11.0. The van der Waals surface area contributed by atoms with Crippen LogP contribution in [-0.2, 0) is 23.1 Å². The van der Waals surface area contributed by atoms with Crippen LogP contribution in [0.3, 0.4) is 0 Å². The van der Waals surface area contributed by atoms with Gasteiger partial charge in [-0.2, -0.15) is 8.42 Å². The number of hydrogen-bond acceptors (Lipinski definition) is 4. The summed E-state index contributed by atoms with van der Waals surface area (Å²) in [7, 11) is -3.82. The number of nitrogens with zero attached hydrogens (tertiary/aromatic N) is 2. The zero-order valence-corrected chi connectivity index (χ0v) is 11.8. The SMILES string of the molecule is O=S(=O)(c1ccc(CO)cn1)N1CCc2ccc(F)cc21. The summed E-state index contributed by atoms with van der Waals surface area (Å²) in [4.78, 5) is 3.88. The second kappa shape index (κ2) is 5.09. The number of aliphatic hydroxyl groups excluding tert-OH is 1. The Hall–Kier alpha value is -1.99. The molecular formula is C14H13FN2O3S. The van der Waals surface area contributed by atoms with E-state index in [2.05, 4.69) is 4.98 Å². The van der Waals surface area contributed by atoms with E-state index in [1.165, 1.54) is 34.8 Å². The summed E-state index contributed by atoms with van der Waals surface area (Å²) in [6, 6.07) is 6.99. The van der Waals surface area contributed by atoms with Gasteiger partial charge in [-0.1, -0.05) is 12.1 Å². The van der Waals surface area contributed by atoms with Crippen LogP contribution in [0.25, 0.3) is 0 Å². The van der Waals surface area contributed by atoms with Crippen LogP contribution in [0.5, 0.6) is 0 Å². The number of aromatic nitrogens is 1. The quantitative estimate of drug-likeness (QED) is 0.932. The van der Waals surface area contributed by atoms with Crippen molar-refractivity contribution in [2.75, 3.05) is 10.8 Å². The predicted molar refractivity (Wildman–Crippen MR) is 74.8 cm³/mol. The first-order valence-electron chi connectivity index (χ1n) is 6.39. The molecule has 1 aromatic heterocycles. The number of fused-ring (bicyclic) bond motifs is 1. The fourth-order valence-electron chi connectivity index (χ4n) is 2.34. The van der Waals surface area contributed by atoms with Gasteiger partial charge in [0.1, 0.15) is 5.82 Å². The van der Waals surface area contributed by atoms with Gasteiger partial charge in [0.15, 0.2) is 5.03 Å². The molecule has 0 amide bonds. The molecule has 0 bridgehead atoms. The van der Waals surface area contributed by atoms with Crippen molar-refractivity contribution in [1.82, 2.24) is 4.98 Å². The molecular weight excluding hydrogens is 295 g/mol. The maximum absolute atomic E-state index is 13.4. The summed E-state index contributed by atoms with van der Waals surface area (Å²) in [6.07, 6.45) is 1.86. The first-order chi connectivity index (χ1) is 10.0. The Morgan fingerprint density at radius 1 is 1.29 bits per heavy atom. The molecule has 0 saturated carbocycles. The van der Waals surface area contributed by atoms with E-state index in [0.29, 0.717) is 17.7 Å². The lowest BCUT2D eigenvalue weighted by atomic mass is 10.2. The molecule has 2 aromatic rings. The zero-order chi connectivity index (χ0) is 15.0. The minimum absolute atomic E-state index is 0.114. The molecule has 21 heavy (non-hydrogen) atoms. The van der Waals surface area contributed by atoms with E-state index in [4.69, 9.17) is 5.11 Å². The Morgan fingerprint density at radius 3 is 2.76 bits per heavy atom. The van der Waals surface area contributed by atoms with Crippen LogP contribution in [0.4, 0.5) is 10.1 Å². The summed E-state index contributed by atoms with van der Waals surface area (Å²) < 4.78 is 39.7. The smallest absolute Gasteiger partial charge is 0.281 e. The largest absolute Gasteiger partial charge is 0.392 e. The highest BCUT2D eigenvalue weighted by molar-refractivity contribution is 7.92. The maximum Gasteiger partial charge on any atom is 0.281 e. The highest BCUT2D eigenvalue weighted by Crippen LogP contribution is 2.32. The third-order valence-corrected chi connectivity index (χ3v) is 5.16. The molecule has 1 aromatic carbocycles. The van der Waals surface area contributed by atoms with E-state index < -0.39 is 15.8 Å². The van der Waals surface area contributed by atoms with E-state index >= 15 is 0 Å². The topological polar surface area (TPSA) is 70.5 Å². The molecule has 7 heteroatoms. The Labute approximate surface area is 121 Å². The van der Waals surface area contributed by atoms with Crippen molar-refractivity contribution in [3.05, 3.63) is 53.5 Å². The molecule has 0 aliphatic carbocycles. The monoisotopic (exact) mass is 308 g/mol. The number of sulfonamides is 1. The third kappa shape index (κ3) is 2.38. The van der Waals surface area contributed by atoms with Crippen LogP contribution in [0.2, 0.25) is 0 Å². The summed E-state index contributed by atoms with van der Waals surface area (Å²) in [6.45, 7) is 0.0651. The Kier molecular flexibility index (Phi) is 3.38. The highest BCUT2D eigenvalue weighted by atomic mass is 32.2. The minimum Gasteiger partial charge on any atom is -0.392 e. The first-order valence-corrected chi connectivity index (χ1v) is 7.83. The number of benzene rings is 1. The lowest BCUT2D eigenvalue weighted by Crippen LogP contribution is -2.29. The lowest BCUT2D eigenvalue weighted by Gasteiger charge is -2.19. The number of hydrogen-bond donors (Lipinski definition) is 1. The van der Waals surface area contributed by atoms with Gasteiger partial charge in [-0.15, -0.1) is 0 Å². The van der Waals surface area contributed by atoms with Crippen LogP contribution < -0.4 is 4.31 Å². The van der Waals surface area contributed by atoms with E-state index in [1.54, 1.807) is 6.07 Å². The molecule has 1 N–H and O–H groups in total. The number of pyridine rings is 1. The van der Waals surface area contributed by atoms with Gasteiger partial charge in [0.2, 0.25) is 0 Å². The average molecular weight is 308 g/mol. The number of aliphatic hydroxyl groups is 1. The first kappa shape index (κ1) is 14.0. The average Bonchev–Trinajstić information content (AvgIpc) is 2.91. The van der Waals surface area contributed by atoms with Crippen LogP contribution in [0.1, 0.15) is 11.1 Å². The maximum atomic E-state index is 13.4. The van der Waals surface area contributed by atoms with Crippen molar-refractivity contribution in [2.24, 2.45) is 0 Å². The van der Waals surface area contributed by atoms with Gasteiger partial charge in [0, 0.05) is 12.7 Å². The van der Waals surface area contributed by atoms with Crippen molar-refractivity contribution in [3.63, 3.8) is 0 Å². The predicted octanol–water partition coefficient (Wildman–Crippen LogP) is 1.46. The molecule has 0 fully saturated rings. The molecule has 1 aliphatic heterocycles. The van der Waals surface area contributed by atoms with Gasteiger partial charge in [-0.05, 0) is 35.7 Å². The van der Waals surface area contributed by atoms with Gasteiger partial charge in [0.05, 0.1) is 12.3 Å². The number of anilines is 1.